The van der Waals surface area contributed by atoms with Gasteiger partial charge in [-0.3, -0.25) is 9.69 Å². The summed E-state index contributed by atoms with van der Waals surface area (Å²) in [5.41, 5.74) is 6.91. The standard InChI is InChI=1S/C23H36N4O2/c1-18-6-11-22(24)26(18)15-16-29-21-9-7-19(8-10-21)23(28)27-14-4-5-20(27)17-25-12-2-3-13-25/h7-10,18,20,22H,2-6,11-17,24H2,1H3/t18?,20-,22?/m0/s1. The molecule has 3 saturated heterocycles. The van der Waals surface area contributed by atoms with Crippen molar-refractivity contribution >= 4 is 5.91 Å². The molecule has 1 aromatic rings. The van der Waals surface area contributed by atoms with E-state index in [0.29, 0.717) is 18.7 Å². The van der Waals surface area contributed by atoms with Crippen LogP contribution in [0.5, 0.6) is 5.75 Å². The number of hydrogen-bond acceptors (Lipinski definition) is 5. The quantitative estimate of drug-likeness (QED) is 0.762. The van der Waals surface area contributed by atoms with Crippen LogP contribution in [0.25, 0.3) is 0 Å². The number of hydrogen-bond donors (Lipinski definition) is 1. The second kappa shape index (κ2) is 9.45. The molecular formula is C23H36N4O2. The predicted molar refractivity (Wildman–Crippen MR) is 115 cm³/mol. The third-order valence-electron chi connectivity index (χ3n) is 6.90. The highest BCUT2D eigenvalue weighted by atomic mass is 16.5. The monoisotopic (exact) mass is 400 g/mol. The predicted octanol–water partition coefficient (Wildman–Crippen LogP) is 2.53. The van der Waals surface area contributed by atoms with Crippen molar-refractivity contribution in [3.8, 4) is 5.75 Å². The minimum atomic E-state index is 0.155. The van der Waals surface area contributed by atoms with Crippen molar-refractivity contribution in [2.45, 2.75) is 63.7 Å². The van der Waals surface area contributed by atoms with Gasteiger partial charge in [0.2, 0.25) is 0 Å². The number of ether oxygens (including phenoxy) is 1. The zero-order chi connectivity index (χ0) is 20.2. The molecule has 29 heavy (non-hydrogen) atoms. The van der Waals surface area contributed by atoms with Crippen LogP contribution in [0.2, 0.25) is 0 Å². The van der Waals surface area contributed by atoms with E-state index in [0.717, 1.165) is 56.6 Å². The maximum Gasteiger partial charge on any atom is 0.254 e. The number of benzene rings is 1. The van der Waals surface area contributed by atoms with Gasteiger partial charge in [0.25, 0.3) is 5.91 Å². The first kappa shape index (κ1) is 20.6. The summed E-state index contributed by atoms with van der Waals surface area (Å²) in [6, 6.07) is 8.56. The first-order chi connectivity index (χ1) is 14.1. The summed E-state index contributed by atoms with van der Waals surface area (Å²) in [7, 11) is 0. The van der Waals surface area contributed by atoms with Crippen LogP contribution >= 0.6 is 0 Å². The van der Waals surface area contributed by atoms with Gasteiger partial charge in [-0.05, 0) is 82.8 Å². The van der Waals surface area contributed by atoms with Gasteiger partial charge in [0, 0.05) is 37.3 Å². The molecule has 6 nitrogen and oxygen atoms in total. The van der Waals surface area contributed by atoms with Crippen LogP contribution in [0.1, 0.15) is 55.8 Å². The number of carbonyl (C=O) groups is 1. The second-order valence-corrected chi connectivity index (χ2v) is 8.91. The molecule has 2 N–H and O–H groups in total. The molecule has 1 amide bonds. The molecule has 3 atom stereocenters. The van der Waals surface area contributed by atoms with Crippen molar-refractivity contribution in [1.29, 1.82) is 0 Å². The van der Waals surface area contributed by atoms with Gasteiger partial charge < -0.3 is 20.3 Å². The zero-order valence-electron chi connectivity index (χ0n) is 17.8. The summed E-state index contributed by atoms with van der Waals surface area (Å²) in [4.78, 5) is 20.0. The minimum absolute atomic E-state index is 0.155. The Balaban J connectivity index is 1.28. The summed E-state index contributed by atoms with van der Waals surface area (Å²) in [5.74, 6) is 0.979. The molecule has 6 heteroatoms. The van der Waals surface area contributed by atoms with Crippen LogP contribution in [0.3, 0.4) is 0 Å². The van der Waals surface area contributed by atoms with Crippen molar-refractivity contribution in [1.82, 2.24) is 14.7 Å². The van der Waals surface area contributed by atoms with Crippen LogP contribution in [-0.2, 0) is 0 Å². The molecule has 160 valence electrons. The Morgan fingerprint density at radius 3 is 2.52 bits per heavy atom. The third-order valence-corrected chi connectivity index (χ3v) is 6.90. The summed E-state index contributed by atoms with van der Waals surface area (Å²) >= 11 is 0. The van der Waals surface area contributed by atoms with E-state index in [1.807, 2.05) is 24.3 Å². The Hall–Kier alpha value is -1.63. The summed E-state index contributed by atoms with van der Waals surface area (Å²) in [6.07, 6.45) is 7.21. The van der Waals surface area contributed by atoms with Crippen LogP contribution in [0.15, 0.2) is 24.3 Å². The van der Waals surface area contributed by atoms with Crippen molar-refractivity contribution in [3.05, 3.63) is 29.8 Å². The van der Waals surface area contributed by atoms with Gasteiger partial charge in [-0.2, -0.15) is 0 Å². The average Bonchev–Trinajstić information content (AvgIpc) is 3.47. The van der Waals surface area contributed by atoms with E-state index in [1.54, 1.807) is 0 Å². The Labute approximate surface area is 175 Å². The fourth-order valence-electron chi connectivity index (χ4n) is 5.14. The average molecular weight is 401 g/mol. The highest BCUT2D eigenvalue weighted by Crippen LogP contribution is 2.24. The van der Waals surface area contributed by atoms with E-state index in [2.05, 4.69) is 21.6 Å². The van der Waals surface area contributed by atoms with Crippen molar-refractivity contribution in [2.24, 2.45) is 5.73 Å². The molecule has 0 spiro atoms. The number of likely N-dealkylation sites (tertiary alicyclic amines) is 3. The fraction of sp³-hybridized carbons (Fsp3) is 0.696. The molecule has 3 fully saturated rings. The molecule has 1 aromatic carbocycles. The molecular weight excluding hydrogens is 364 g/mol. The topological polar surface area (TPSA) is 62.0 Å². The first-order valence-electron chi connectivity index (χ1n) is 11.4. The van der Waals surface area contributed by atoms with E-state index in [-0.39, 0.29) is 12.1 Å². The van der Waals surface area contributed by atoms with Gasteiger partial charge in [0.05, 0.1) is 6.17 Å². The molecule has 0 aliphatic carbocycles. The van der Waals surface area contributed by atoms with Gasteiger partial charge in [-0.1, -0.05) is 0 Å². The lowest BCUT2D eigenvalue weighted by molar-refractivity contribution is 0.0708. The zero-order valence-corrected chi connectivity index (χ0v) is 17.8. The highest BCUT2D eigenvalue weighted by molar-refractivity contribution is 5.94. The number of amides is 1. The lowest BCUT2D eigenvalue weighted by atomic mass is 10.1. The molecule has 0 bridgehead atoms. The number of nitrogens with two attached hydrogens (primary N) is 1. The Bertz CT molecular complexity index is 664. The van der Waals surface area contributed by atoms with Gasteiger partial charge in [0.15, 0.2) is 0 Å². The minimum Gasteiger partial charge on any atom is -0.492 e. The van der Waals surface area contributed by atoms with Crippen LogP contribution in [0.4, 0.5) is 0 Å². The molecule has 3 aliphatic rings. The molecule has 0 aromatic heterocycles. The largest absolute Gasteiger partial charge is 0.492 e. The van der Waals surface area contributed by atoms with Crippen molar-refractivity contribution in [3.63, 3.8) is 0 Å². The fourth-order valence-corrected chi connectivity index (χ4v) is 5.14. The third kappa shape index (κ3) is 4.93. The Morgan fingerprint density at radius 1 is 1.07 bits per heavy atom. The number of nitrogens with zero attached hydrogens (tertiary/aromatic N) is 3. The van der Waals surface area contributed by atoms with Crippen LogP contribution in [-0.4, -0.2) is 78.2 Å². The normalized spacial score (nSPS) is 28.3. The van der Waals surface area contributed by atoms with E-state index in [1.165, 1.54) is 25.9 Å². The van der Waals surface area contributed by atoms with Gasteiger partial charge in [-0.25, -0.2) is 0 Å². The summed E-state index contributed by atoms with van der Waals surface area (Å²) in [5, 5.41) is 0. The van der Waals surface area contributed by atoms with E-state index in [4.69, 9.17) is 10.5 Å². The summed E-state index contributed by atoms with van der Waals surface area (Å²) < 4.78 is 5.91. The maximum absolute atomic E-state index is 13.0. The number of carbonyl (C=O) groups excluding carboxylic acids is 1. The molecule has 4 rings (SSSR count). The lowest BCUT2D eigenvalue weighted by Gasteiger charge is -2.28. The van der Waals surface area contributed by atoms with Gasteiger partial charge in [-0.15, -0.1) is 0 Å². The lowest BCUT2D eigenvalue weighted by Crippen LogP contribution is -2.42. The van der Waals surface area contributed by atoms with Crippen LogP contribution < -0.4 is 10.5 Å². The number of rotatable bonds is 7. The van der Waals surface area contributed by atoms with E-state index in [9.17, 15) is 4.79 Å². The summed E-state index contributed by atoms with van der Waals surface area (Å²) in [6.45, 7) is 7.97. The van der Waals surface area contributed by atoms with E-state index >= 15 is 0 Å². The van der Waals surface area contributed by atoms with Crippen molar-refractivity contribution in [2.75, 3.05) is 39.3 Å². The van der Waals surface area contributed by atoms with Gasteiger partial charge in [0.1, 0.15) is 12.4 Å². The smallest absolute Gasteiger partial charge is 0.254 e. The molecule has 0 saturated carbocycles. The Kier molecular flexibility index (Phi) is 6.73. The first-order valence-corrected chi connectivity index (χ1v) is 11.4. The van der Waals surface area contributed by atoms with E-state index < -0.39 is 0 Å². The van der Waals surface area contributed by atoms with Crippen molar-refractivity contribution < 1.29 is 9.53 Å². The molecule has 0 radical (unpaired) electrons. The SMILES string of the molecule is CC1CCC(N)N1CCOc1ccc(C(=O)N2CCC[C@H]2CN2CCCC2)cc1. The van der Waals surface area contributed by atoms with Gasteiger partial charge >= 0.3 is 0 Å². The maximum atomic E-state index is 13.0. The second-order valence-electron chi connectivity index (χ2n) is 8.91. The molecule has 2 unspecified atom stereocenters. The molecule has 3 heterocycles. The molecule has 3 aliphatic heterocycles. The highest BCUT2D eigenvalue weighted by Gasteiger charge is 2.31. The van der Waals surface area contributed by atoms with Crippen LogP contribution in [0, 0.1) is 0 Å². The Morgan fingerprint density at radius 2 is 1.83 bits per heavy atom.